The predicted octanol–water partition coefficient (Wildman–Crippen LogP) is 5.36. The minimum atomic E-state index is 0.820. The first kappa shape index (κ1) is 29.9. The van der Waals surface area contributed by atoms with Gasteiger partial charge in [-0.1, -0.05) is 24.3 Å². The van der Waals surface area contributed by atoms with Crippen molar-refractivity contribution in [2.24, 2.45) is 0 Å². The lowest BCUT2D eigenvalue weighted by molar-refractivity contribution is -0.719. The number of rotatable bonds is 12. The Kier molecular flexibility index (Phi) is 9.10. The van der Waals surface area contributed by atoms with Crippen molar-refractivity contribution in [1.29, 1.82) is 0 Å². The summed E-state index contributed by atoms with van der Waals surface area (Å²) in [5, 5.41) is 0. The number of benzene rings is 2. The zero-order valence-electron chi connectivity index (χ0n) is 26.7. The Morgan fingerprint density at radius 1 is 0.711 bits per heavy atom. The standard InChI is InChI=1S/C37H43N6O2/c1-38(2)30-18-26-40(27-19-30)22-10-24-42-32-12-5-7-14-34(32)44-36(42)16-9-17-37-43(33-13-6-8-15-35(33)45-37)25-11-23-41-28-20-31(21-29-41)39(3)4/h5-9,12-21,26-29H,10-11,22-25H2,1-4H3/q+3. The van der Waals surface area contributed by atoms with E-state index >= 15 is 0 Å². The second kappa shape index (κ2) is 13.7. The fraction of sp³-hybridized carbons (Fsp3) is 0.270. The number of allylic oxidation sites excluding steroid dienone is 2. The number of para-hydroxylation sites is 4. The molecule has 1 aliphatic heterocycles. The number of aryl methyl sites for hydroxylation is 3. The number of ether oxygens (including phenoxy) is 1. The van der Waals surface area contributed by atoms with E-state index in [1.54, 1.807) is 0 Å². The molecule has 0 spiro atoms. The van der Waals surface area contributed by atoms with Gasteiger partial charge in [0.05, 0.1) is 18.2 Å². The highest BCUT2D eigenvalue weighted by atomic mass is 16.5. The van der Waals surface area contributed by atoms with Crippen LogP contribution in [0.3, 0.4) is 0 Å². The van der Waals surface area contributed by atoms with Crippen LogP contribution in [-0.4, -0.2) is 34.7 Å². The van der Waals surface area contributed by atoms with Gasteiger partial charge in [-0.2, -0.15) is 4.57 Å². The van der Waals surface area contributed by atoms with Crippen molar-refractivity contribution >= 4 is 34.2 Å². The van der Waals surface area contributed by atoms with Crippen LogP contribution >= 0.6 is 0 Å². The molecule has 0 unspecified atom stereocenters. The van der Waals surface area contributed by atoms with Gasteiger partial charge >= 0.3 is 5.89 Å². The summed E-state index contributed by atoms with van der Waals surface area (Å²) in [5.74, 6) is 2.52. The van der Waals surface area contributed by atoms with E-state index in [1.807, 2.05) is 42.5 Å². The molecule has 8 nitrogen and oxygen atoms in total. The fourth-order valence-electron chi connectivity index (χ4n) is 5.64. The normalized spacial score (nSPS) is 13.5. The quantitative estimate of drug-likeness (QED) is 0.180. The van der Waals surface area contributed by atoms with Crippen molar-refractivity contribution in [3.8, 4) is 5.75 Å². The molecule has 0 bridgehead atoms. The van der Waals surface area contributed by atoms with Gasteiger partial charge in [0, 0.05) is 82.9 Å². The summed E-state index contributed by atoms with van der Waals surface area (Å²) in [6.45, 7) is 3.53. The molecule has 2 aromatic carbocycles. The molecule has 0 saturated carbocycles. The highest BCUT2D eigenvalue weighted by Gasteiger charge is 2.26. The number of hydrogen-bond donors (Lipinski definition) is 0. The van der Waals surface area contributed by atoms with Crippen molar-refractivity contribution in [2.75, 3.05) is 49.4 Å². The molecule has 4 heterocycles. The third-order valence-electron chi connectivity index (χ3n) is 8.13. The highest BCUT2D eigenvalue weighted by Crippen LogP contribution is 2.38. The zero-order valence-corrected chi connectivity index (χ0v) is 26.7. The number of hydrogen-bond acceptors (Lipinski definition) is 5. The third kappa shape index (κ3) is 7.01. The van der Waals surface area contributed by atoms with E-state index in [9.17, 15) is 0 Å². The van der Waals surface area contributed by atoms with E-state index in [4.69, 9.17) is 9.15 Å². The summed E-state index contributed by atoms with van der Waals surface area (Å²) >= 11 is 0. The van der Waals surface area contributed by atoms with Crippen LogP contribution in [-0.2, 0) is 19.6 Å². The largest absolute Gasteiger partial charge is 0.439 e. The zero-order chi connectivity index (χ0) is 31.2. The average Bonchev–Trinajstić information content (AvgIpc) is 3.59. The Hall–Kier alpha value is -5.11. The summed E-state index contributed by atoms with van der Waals surface area (Å²) < 4.78 is 19.3. The van der Waals surface area contributed by atoms with E-state index in [2.05, 4.69) is 130 Å². The summed E-state index contributed by atoms with van der Waals surface area (Å²) in [5.41, 5.74) is 5.48. The summed E-state index contributed by atoms with van der Waals surface area (Å²) in [7, 11) is 8.25. The SMILES string of the molecule is CN(C)c1cc[n+](CCCN2/C(=C\C=C\c3oc4ccccc4[n+]3CCC[n+]3ccc(N(C)C)cc3)Oc3ccccc32)cc1. The number of aromatic nitrogens is 3. The van der Waals surface area contributed by atoms with Crippen molar-refractivity contribution in [2.45, 2.75) is 32.5 Å². The van der Waals surface area contributed by atoms with Crippen LogP contribution in [0.2, 0.25) is 0 Å². The molecule has 0 atom stereocenters. The fourth-order valence-corrected chi connectivity index (χ4v) is 5.64. The molecule has 0 fully saturated rings. The molecule has 0 radical (unpaired) electrons. The first-order valence-corrected chi connectivity index (χ1v) is 15.6. The maximum absolute atomic E-state index is 6.31. The van der Waals surface area contributed by atoms with Crippen LogP contribution < -0.4 is 33.1 Å². The van der Waals surface area contributed by atoms with Gasteiger partial charge in [-0.15, -0.1) is 0 Å². The molecule has 3 aromatic heterocycles. The van der Waals surface area contributed by atoms with Crippen molar-refractivity contribution in [3.63, 3.8) is 0 Å². The van der Waals surface area contributed by atoms with E-state index in [0.29, 0.717) is 0 Å². The molecule has 45 heavy (non-hydrogen) atoms. The van der Waals surface area contributed by atoms with Crippen LogP contribution in [0.5, 0.6) is 5.75 Å². The lowest BCUT2D eigenvalue weighted by atomic mass is 10.2. The minimum Gasteiger partial charge on any atom is -0.439 e. The van der Waals surface area contributed by atoms with Crippen molar-refractivity contribution < 1.29 is 22.9 Å². The number of anilines is 3. The van der Waals surface area contributed by atoms with Gasteiger partial charge < -0.3 is 23.9 Å². The van der Waals surface area contributed by atoms with E-state index in [0.717, 1.165) is 73.3 Å². The lowest BCUT2D eigenvalue weighted by Crippen LogP contribution is -2.39. The van der Waals surface area contributed by atoms with Crippen LogP contribution in [0.4, 0.5) is 17.1 Å². The summed E-state index contributed by atoms with van der Waals surface area (Å²) in [6, 6.07) is 25.1. The minimum absolute atomic E-state index is 0.820. The molecular formula is C37H43N6O2+3. The second-order valence-corrected chi connectivity index (χ2v) is 11.7. The van der Waals surface area contributed by atoms with E-state index in [-0.39, 0.29) is 0 Å². The van der Waals surface area contributed by atoms with Crippen LogP contribution in [0.25, 0.3) is 17.2 Å². The van der Waals surface area contributed by atoms with Crippen LogP contribution in [0, 0.1) is 0 Å². The molecule has 5 aromatic rings. The Morgan fingerprint density at radius 3 is 2.02 bits per heavy atom. The van der Waals surface area contributed by atoms with E-state index < -0.39 is 0 Å². The number of fused-ring (bicyclic) bond motifs is 2. The number of pyridine rings is 2. The molecule has 8 heteroatoms. The summed E-state index contributed by atoms with van der Waals surface area (Å²) in [6.07, 6.45) is 16.6. The average molecular weight is 604 g/mol. The maximum atomic E-state index is 6.31. The number of oxazole rings is 1. The Bertz CT molecular complexity index is 1790. The Labute approximate surface area is 265 Å². The molecule has 6 rings (SSSR count). The Balaban J connectivity index is 1.16. The molecule has 230 valence electrons. The molecule has 1 aliphatic rings. The molecule has 0 saturated heterocycles. The van der Waals surface area contributed by atoms with E-state index in [1.165, 1.54) is 11.4 Å². The molecule has 0 aliphatic carbocycles. The van der Waals surface area contributed by atoms with Crippen molar-refractivity contribution in [1.82, 2.24) is 0 Å². The van der Waals surface area contributed by atoms with Gasteiger partial charge in [0.15, 0.2) is 43.6 Å². The first-order valence-electron chi connectivity index (χ1n) is 15.6. The van der Waals surface area contributed by atoms with Crippen LogP contribution in [0.1, 0.15) is 18.7 Å². The van der Waals surface area contributed by atoms with Gasteiger partial charge in [0.25, 0.3) is 5.52 Å². The van der Waals surface area contributed by atoms with Gasteiger partial charge in [-0.05, 0) is 30.4 Å². The lowest BCUT2D eigenvalue weighted by Gasteiger charge is -2.17. The molecular weight excluding hydrogens is 560 g/mol. The maximum Gasteiger partial charge on any atom is 0.374 e. The second-order valence-electron chi connectivity index (χ2n) is 11.7. The van der Waals surface area contributed by atoms with Gasteiger partial charge in [-0.3, -0.25) is 0 Å². The first-order chi connectivity index (χ1) is 22.0. The summed E-state index contributed by atoms with van der Waals surface area (Å²) in [4.78, 5) is 6.50. The molecule has 0 amide bonds. The topological polar surface area (TPSA) is 43.7 Å². The highest BCUT2D eigenvalue weighted by molar-refractivity contribution is 5.70. The predicted molar refractivity (Wildman–Crippen MR) is 179 cm³/mol. The number of nitrogens with zero attached hydrogens (tertiary/aromatic N) is 6. The van der Waals surface area contributed by atoms with Gasteiger partial charge in [-0.25, -0.2) is 9.13 Å². The smallest absolute Gasteiger partial charge is 0.374 e. The Morgan fingerprint density at radius 2 is 1.33 bits per heavy atom. The monoisotopic (exact) mass is 603 g/mol. The van der Waals surface area contributed by atoms with Gasteiger partial charge in [0.2, 0.25) is 11.5 Å². The van der Waals surface area contributed by atoms with Crippen molar-refractivity contribution in [3.05, 3.63) is 122 Å². The van der Waals surface area contributed by atoms with Crippen LogP contribution in [0.15, 0.2) is 120 Å². The molecule has 0 N–H and O–H groups in total. The third-order valence-corrected chi connectivity index (χ3v) is 8.13. The van der Waals surface area contributed by atoms with Gasteiger partial charge in [0.1, 0.15) is 6.54 Å².